The SMILES string of the molecule is CCNCCC(O)c1cc(F)ccc1F. The molecule has 0 fully saturated rings. The van der Waals surface area contributed by atoms with Crippen molar-refractivity contribution in [3.05, 3.63) is 35.4 Å². The van der Waals surface area contributed by atoms with Crippen molar-refractivity contribution >= 4 is 0 Å². The van der Waals surface area contributed by atoms with E-state index in [-0.39, 0.29) is 5.56 Å². The molecule has 15 heavy (non-hydrogen) atoms. The first-order valence-corrected chi connectivity index (χ1v) is 4.99. The van der Waals surface area contributed by atoms with E-state index in [0.717, 1.165) is 24.7 Å². The molecule has 1 atom stereocenters. The summed E-state index contributed by atoms with van der Waals surface area (Å²) in [6.45, 7) is 3.31. The van der Waals surface area contributed by atoms with Crippen LogP contribution in [0.2, 0.25) is 0 Å². The summed E-state index contributed by atoms with van der Waals surface area (Å²) in [5.41, 5.74) is 0.0212. The van der Waals surface area contributed by atoms with Crippen LogP contribution in [0.3, 0.4) is 0 Å². The molecule has 1 aromatic carbocycles. The molecule has 0 heterocycles. The molecule has 1 unspecified atom stereocenters. The van der Waals surface area contributed by atoms with Gasteiger partial charge in [-0.15, -0.1) is 0 Å². The molecule has 2 nitrogen and oxygen atoms in total. The van der Waals surface area contributed by atoms with Gasteiger partial charge in [0.05, 0.1) is 6.10 Å². The summed E-state index contributed by atoms with van der Waals surface area (Å²) in [5, 5.41) is 12.6. The fourth-order valence-corrected chi connectivity index (χ4v) is 1.34. The molecule has 1 rings (SSSR count). The smallest absolute Gasteiger partial charge is 0.129 e. The zero-order chi connectivity index (χ0) is 11.3. The van der Waals surface area contributed by atoms with Crippen LogP contribution in [0.15, 0.2) is 18.2 Å². The highest BCUT2D eigenvalue weighted by atomic mass is 19.1. The Morgan fingerprint density at radius 2 is 2.13 bits per heavy atom. The van der Waals surface area contributed by atoms with E-state index in [1.807, 2.05) is 6.92 Å². The van der Waals surface area contributed by atoms with Gasteiger partial charge in [-0.1, -0.05) is 6.92 Å². The van der Waals surface area contributed by atoms with E-state index in [1.54, 1.807) is 0 Å². The van der Waals surface area contributed by atoms with Gasteiger partial charge in [0.2, 0.25) is 0 Å². The number of aliphatic hydroxyl groups is 1. The van der Waals surface area contributed by atoms with Crippen molar-refractivity contribution in [3.63, 3.8) is 0 Å². The summed E-state index contributed by atoms with van der Waals surface area (Å²) < 4.78 is 26.0. The molecule has 1 aromatic rings. The van der Waals surface area contributed by atoms with E-state index < -0.39 is 17.7 Å². The first-order valence-electron chi connectivity index (χ1n) is 4.99. The van der Waals surface area contributed by atoms with Crippen LogP contribution in [-0.4, -0.2) is 18.2 Å². The number of nitrogens with one attached hydrogen (secondary N) is 1. The second kappa shape index (κ2) is 5.78. The van der Waals surface area contributed by atoms with Crippen molar-refractivity contribution in [2.75, 3.05) is 13.1 Å². The molecule has 4 heteroatoms. The normalized spacial score (nSPS) is 12.8. The third-order valence-electron chi connectivity index (χ3n) is 2.16. The number of rotatable bonds is 5. The van der Waals surface area contributed by atoms with Gasteiger partial charge < -0.3 is 10.4 Å². The molecule has 0 saturated carbocycles. The van der Waals surface area contributed by atoms with Crippen molar-refractivity contribution in [1.82, 2.24) is 5.32 Å². The van der Waals surface area contributed by atoms with Crippen LogP contribution in [0.4, 0.5) is 8.78 Å². The van der Waals surface area contributed by atoms with Gasteiger partial charge in [0.15, 0.2) is 0 Å². The molecule has 0 bridgehead atoms. The van der Waals surface area contributed by atoms with Gasteiger partial charge in [-0.25, -0.2) is 8.78 Å². The van der Waals surface area contributed by atoms with E-state index in [0.29, 0.717) is 13.0 Å². The Balaban J connectivity index is 2.64. The minimum absolute atomic E-state index is 0.0212. The Kier molecular flexibility index (Phi) is 4.65. The maximum Gasteiger partial charge on any atom is 0.129 e. The third kappa shape index (κ3) is 3.57. The molecule has 0 amide bonds. The van der Waals surface area contributed by atoms with Gasteiger partial charge in [-0.2, -0.15) is 0 Å². The first-order chi connectivity index (χ1) is 7.15. The van der Waals surface area contributed by atoms with E-state index >= 15 is 0 Å². The summed E-state index contributed by atoms with van der Waals surface area (Å²) in [5.74, 6) is -1.10. The number of hydrogen-bond donors (Lipinski definition) is 2. The Bertz CT molecular complexity index is 317. The zero-order valence-corrected chi connectivity index (χ0v) is 8.63. The number of hydrogen-bond acceptors (Lipinski definition) is 2. The minimum atomic E-state index is -0.959. The van der Waals surface area contributed by atoms with Crippen LogP contribution in [-0.2, 0) is 0 Å². The largest absolute Gasteiger partial charge is 0.388 e. The van der Waals surface area contributed by atoms with Crippen LogP contribution < -0.4 is 5.32 Å². The maximum absolute atomic E-state index is 13.2. The molecule has 0 spiro atoms. The highest BCUT2D eigenvalue weighted by molar-refractivity contribution is 5.20. The summed E-state index contributed by atoms with van der Waals surface area (Å²) in [6.07, 6.45) is -0.589. The number of benzene rings is 1. The Morgan fingerprint density at radius 1 is 1.40 bits per heavy atom. The standard InChI is InChI=1S/C11H15F2NO/c1-2-14-6-5-11(15)9-7-8(12)3-4-10(9)13/h3-4,7,11,14-15H,2,5-6H2,1H3. The summed E-state index contributed by atoms with van der Waals surface area (Å²) in [7, 11) is 0. The Morgan fingerprint density at radius 3 is 2.80 bits per heavy atom. The molecule has 0 aliphatic carbocycles. The lowest BCUT2D eigenvalue weighted by atomic mass is 10.1. The molecule has 2 N–H and O–H groups in total. The van der Waals surface area contributed by atoms with Gasteiger partial charge in [-0.05, 0) is 37.7 Å². The average molecular weight is 215 g/mol. The molecule has 84 valence electrons. The highest BCUT2D eigenvalue weighted by Gasteiger charge is 2.13. The van der Waals surface area contributed by atoms with Crippen molar-refractivity contribution in [1.29, 1.82) is 0 Å². The van der Waals surface area contributed by atoms with Crippen molar-refractivity contribution in [2.45, 2.75) is 19.4 Å². The van der Waals surface area contributed by atoms with Gasteiger partial charge in [0.1, 0.15) is 11.6 Å². The lowest BCUT2D eigenvalue weighted by Crippen LogP contribution is -2.17. The lowest BCUT2D eigenvalue weighted by Gasteiger charge is -2.12. The van der Waals surface area contributed by atoms with E-state index in [9.17, 15) is 13.9 Å². The van der Waals surface area contributed by atoms with Gasteiger partial charge in [-0.3, -0.25) is 0 Å². The average Bonchev–Trinajstić information content (AvgIpc) is 2.22. The van der Waals surface area contributed by atoms with Crippen molar-refractivity contribution < 1.29 is 13.9 Å². The molecule has 0 aromatic heterocycles. The quantitative estimate of drug-likeness (QED) is 0.736. The van der Waals surface area contributed by atoms with Crippen LogP contribution in [0.1, 0.15) is 25.0 Å². The van der Waals surface area contributed by atoms with Crippen LogP contribution in [0, 0.1) is 11.6 Å². The van der Waals surface area contributed by atoms with Crippen LogP contribution in [0.5, 0.6) is 0 Å². The Labute approximate surface area is 87.9 Å². The van der Waals surface area contributed by atoms with E-state index in [1.165, 1.54) is 0 Å². The Hall–Kier alpha value is -1.00. The van der Waals surface area contributed by atoms with Gasteiger partial charge in [0, 0.05) is 5.56 Å². The van der Waals surface area contributed by atoms with Gasteiger partial charge in [0.25, 0.3) is 0 Å². The minimum Gasteiger partial charge on any atom is -0.388 e. The number of aliphatic hydroxyl groups excluding tert-OH is 1. The van der Waals surface area contributed by atoms with Gasteiger partial charge >= 0.3 is 0 Å². The second-order valence-corrected chi connectivity index (χ2v) is 3.32. The lowest BCUT2D eigenvalue weighted by molar-refractivity contribution is 0.162. The first kappa shape index (κ1) is 12.1. The molecular weight excluding hydrogens is 200 g/mol. The van der Waals surface area contributed by atoms with Crippen molar-refractivity contribution in [2.24, 2.45) is 0 Å². The van der Waals surface area contributed by atoms with E-state index in [4.69, 9.17) is 0 Å². The highest BCUT2D eigenvalue weighted by Crippen LogP contribution is 2.20. The molecule has 0 aliphatic rings. The summed E-state index contributed by atoms with van der Waals surface area (Å²) in [4.78, 5) is 0. The molecular formula is C11H15F2NO. The summed E-state index contributed by atoms with van der Waals surface area (Å²) >= 11 is 0. The fourth-order valence-electron chi connectivity index (χ4n) is 1.34. The summed E-state index contributed by atoms with van der Waals surface area (Å²) in [6, 6.07) is 3.10. The molecule has 0 aliphatic heterocycles. The van der Waals surface area contributed by atoms with Crippen LogP contribution in [0.25, 0.3) is 0 Å². The predicted octanol–water partition coefficient (Wildman–Crippen LogP) is 2.00. The monoisotopic (exact) mass is 215 g/mol. The molecule has 0 saturated heterocycles. The maximum atomic E-state index is 13.2. The number of halogens is 2. The predicted molar refractivity (Wildman–Crippen MR) is 54.5 cm³/mol. The zero-order valence-electron chi connectivity index (χ0n) is 8.63. The van der Waals surface area contributed by atoms with E-state index in [2.05, 4.69) is 5.32 Å². The van der Waals surface area contributed by atoms with Crippen LogP contribution >= 0.6 is 0 Å². The topological polar surface area (TPSA) is 32.3 Å². The third-order valence-corrected chi connectivity index (χ3v) is 2.16. The molecule has 0 radical (unpaired) electrons. The second-order valence-electron chi connectivity index (χ2n) is 3.32. The fraction of sp³-hybridized carbons (Fsp3) is 0.455. The van der Waals surface area contributed by atoms with Crippen molar-refractivity contribution in [3.8, 4) is 0 Å².